The normalized spacial score (nSPS) is 15.6. The predicted molar refractivity (Wildman–Crippen MR) is 120 cm³/mol. The number of hydrogen-bond acceptors (Lipinski definition) is 7. The van der Waals surface area contributed by atoms with Gasteiger partial charge in [0.15, 0.2) is 34.2 Å². The molecule has 0 aliphatic carbocycles. The van der Waals surface area contributed by atoms with Crippen LogP contribution in [-0.4, -0.2) is 51.6 Å². The molecule has 3 rings (SSSR count). The molecule has 2 aromatic rings. The molecule has 1 aromatic carbocycles. The van der Waals surface area contributed by atoms with E-state index in [4.69, 9.17) is 28.8 Å². The summed E-state index contributed by atoms with van der Waals surface area (Å²) in [5.41, 5.74) is 18.7. The maximum absolute atomic E-state index is 12.3. The third-order valence-electron chi connectivity index (χ3n) is 5.01. The number of carbonyl (C=O) groups is 2. The molecule has 0 saturated carbocycles. The number of aliphatic imine (C=N–C) groups is 1. The topological polar surface area (TPSA) is 166 Å². The van der Waals surface area contributed by atoms with Crippen LogP contribution in [0.15, 0.2) is 29.3 Å². The Morgan fingerprint density at radius 1 is 1.23 bits per heavy atom. The second-order valence-corrected chi connectivity index (χ2v) is 7.75. The van der Waals surface area contributed by atoms with Crippen LogP contribution in [0.25, 0.3) is 0 Å². The lowest BCUT2D eigenvalue weighted by Gasteiger charge is -2.32. The molecule has 11 heteroatoms. The molecule has 1 saturated heterocycles. The largest absolute Gasteiger partial charge is 0.382 e. The van der Waals surface area contributed by atoms with Crippen molar-refractivity contribution >= 4 is 40.9 Å². The second kappa shape index (κ2) is 9.71. The Bertz CT molecular complexity index is 1020. The first-order valence-corrected chi connectivity index (χ1v) is 10.2. The number of nitrogens with two attached hydrogens (primary N) is 3. The Labute approximate surface area is 184 Å². The standard InChI is InChI=1S/C20H25ClN8O2/c1-11(30)13-4-2-3-12(9-13)10-29-7-5-14(6-8-29)25-20(24)28-19(31)15-17(22)27-18(23)16(21)26-15/h2-4,9,14H,5-8,10H2,1H3,(H4,22,23,27)(H3,24,25,28,31). The van der Waals surface area contributed by atoms with Crippen LogP contribution in [0, 0.1) is 0 Å². The molecule has 10 nitrogen and oxygen atoms in total. The van der Waals surface area contributed by atoms with Gasteiger partial charge in [0.1, 0.15) is 0 Å². The van der Waals surface area contributed by atoms with E-state index in [1.165, 1.54) is 0 Å². The highest BCUT2D eigenvalue weighted by molar-refractivity contribution is 6.31. The number of ketones is 1. The number of nitrogen functional groups attached to an aromatic ring is 2. The lowest BCUT2D eigenvalue weighted by atomic mass is 10.0. The number of Topliss-reactive ketones (excluding diaryl/α,β-unsaturated/α-hetero) is 1. The van der Waals surface area contributed by atoms with Crippen molar-refractivity contribution < 1.29 is 9.59 Å². The molecular weight excluding hydrogens is 420 g/mol. The molecule has 0 unspecified atom stereocenters. The van der Waals surface area contributed by atoms with Gasteiger partial charge < -0.3 is 22.5 Å². The number of likely N-dealkylation sites (tertiary alicyclic amines) is 1. The molecule has 1 aliphatic heterocycles. The summed E-state index contributed by atoms with van der Waals surface area (Å²) in [6, 6.07) is 7.75. The average Bonchev–Trinajstić information content (AvgIpc) is 2.72. The van der Waals surface area contributed by atoms with Gasteiger partial charge in [-0.25, -0.2) is 9.97 Å². The summed E-state index contributed by atoms with van der Waals surface area (Å²) in [5, 5.41) is 2.94. The smallest absolute Gasteiger partial charge is 0.302 e. The third-order valence-corrected chi connectivity index (χ3v) is 5.29. The summed E-state index contributed by atoms with van der Waals surface area (Å²) in [6.45, 7) is 4.02. The Balaban J connectivity index is 1.53. The van der Waals surface area contributed by atoms with Crippen LogP contribution in [0.5, 0.6) is 0 Å². The minimum atomic E-state index is -0.750. The number of anilines is 2. The molecular formula is C20H25ClN8O2. The number of halogens is 1. The molecule has 7 N–H and O–H groups in total. The number of piperidine rings is 1. The maximum atomic E-state index is 12.3. The SMILES string of the molecule is CC(=O)c1cccc(CN2CCC(N/C(N)=N/C(=O)c3nc(Cl)c(N)nc3N)CC2)c1. The molecule has 1 amide bonds. The first-order chi connectivity index (χ1) is 14.7. The van der Waals surface area contributed by atoms with E-state index in [2.05, 4.69) is 25.2 Å². The molecule has 1 aromatic heterocycles. The van der Waals surface area contributed by atoms with E-state index >= 15 is 0 Å². The Morgan fingerprint density at radius 3 is 2.61 bits per heavy atom. The Morgan fingerprint density at radius 2 is 1.94 bits per heavy atom. The molecule has 2 heterocycles. The first-order valence-electron chi connectivity index (χ1n) is 9.78. The van der Waals surface area contributed by atoms with E-state index in [1.807, 2.05) is 24.3 Å². The van der Waals surface area contributed by atoms with Crippen LogP contribution < -0.4 is 22.5 Å². The van der Waals surface area contributed by atoms with Gasteiger partial charge in [0.2, 0.25) is 0 Å². The lowest BCUT2D eigenvalue weighted by Crippen LogP contribution is -2.47. The fraction of sp³-hybridized carbons (Fsp3) is 0.350. The molecule has 164 valence electrons. The van der Waals surface area contributed by atoms with Gasteiger partial charge in [0, 0.05) is 31.2 Å². The van der Waals surface area contributed by atoms with Gasteiger partial charge in [-0.1, -0.05) is 29.8 Å². The summed E-state index contributed by atoms with van der Waals surface area (Å²) in [5.74, 6) is -0.939. The second-order valence-electron chi connectivity index (χ2n) is 7.39. The molecule has 0 atom stereocenters. The van der Waals surface area contributed by atoms with Gasteiger partial charge in [-0.3, -0.25) is 14.5 Å². The van der Waals surface area contributed by atoms with Gasteiger partial charge in [-0.15, -0.1) is 0 Å². The van der Waals surface area contributed by atoms with Crippen LogP contribution in [0.1, 0.15) is 46.2 Å². The number of hydrogen-bond donors (Lipinski definition) is 4. The summed E-state index contributed by atoms with van der Waals surface area (Å²) < 4.78 is 0. The van der Waals surface area contributed by atoms with Crippen molar-refractivity contribution in [2.45, 2.75) is 32.4 Å². The van der Waals surface area contributed by atoms with Crippen LogP contribution in [-0.2, 0) is 6.54 Å². The summed E-state index contributed by atoms with van der Waals surface area (Å²) in [7, 11) is 0. The number of nitrogens with one attached hydrogen (secondary N) is 1. The quantitative estimate of drug-likeness (QED) is 0.301. The number of guanidine groups is 1. The lowest BCUT2D eigenvalue weighted by molar-refractivity contribution is 0.0994. The van der Waals surface area contributed by atoms with Crippen LogP contribution in [0.4, 0.5) is 11.6 Å². The molecule has 0 radical (unpaired) electrons. The fourth-order valence-electron chi connectivity index (χ4n) is 3.38. The number of nitrogens with zero attached hydrogens (tertiary/aromatic N) is 4. The average molecular weight is 445 g/mol. The first kappa shape index (κ1) is 22.4. The highest BCUT2D eigenvalue weighted by Gasteiger charge is 2.21. The Kier molecular flexibility index (Phi) is 7.03. The highest BCUT2D eigenvalue weighted by atomic mass is 35.5. The van der Waals surface area contributed by atoms with E-state index < -0.39 is 5.91 Å². The Hall–Kier alpha value is -3.24. The van der Waals surface area contributed by atoms with E-state index in [0.717, 1.165) is 43.6 Å². The molecule has 0 spiro atoms. The number of aromatic nitrogens is 2. The number of amides is 1. The van der Waals surface area contributed by atoms with E-state index in [1.54, 1.807) is 6.92 Å². The number of rotatable bonds is 5. The highest BCUT2D eigenvalue weighted by Crippen LogP contribution is 2.18. The molecule has 0 bridgehead atoms. The predicted octanol–water partition coefficient (Wildman–Crippen LogP) is 1.21. The zero-order chi connectivity index (χ0) is 22.5. The monoisotopic (exact) mass is 444 g/mol. The van der Waals surface area contributed by atoms with Crippen molar-refractivity contribution in [2.75, 3.05) is 24.6 Å². The van der Waals surface area contributed by atoms with Crippen molar-refractivity contribution in [1.29, 1.82) is 0 Å². The van der Waals surface area contributed by atoms with Crippen molar-refractivity contribution in [2.24, 2.45) is 10.7 Å². The molecule has 31 heavy (non-hydrogen) atoms. The van der Waals surface area contributed by atoms with Gasteiger partial charge in [-0.05, 0) is 31.4 Å². The summed E-state index contributed by atoms with van der Waals surface area (Å²) in [6.07, 6.45) is 1.65. The van der Waals surface area contributed by atoms with Crippen LogP contribution >= 0.6 is 11.6 Å². The summed E-state index contributed by atoms with van der Waals surface area (Å²) >= 11 is 5.79. The van der Waals surface area contributed by atoms with Gasteiger partial charge >= 0.3 is 5.91 Å². The van der Waals surface area contributed by atoms with Gasteiger partial charge in [-0.2, -0.15) is 4.99 Å². The molecule has 1 aliphatic rings. The summed E-state index contributed by atoms with van der Waals surface area (Å²) in [4.78, 5) is 37.5. The van der Waals surface area contributed by atoms with Crippen molar-refractivity contribution in [1.82, 2.24) is 20.2 Å². The molecule has 1 fully saturated rings. The maximum Gasteiger partial charge on any atom is 0.302 e. The van der Waals surface area contributed by atoms with Crippen LogP contribution in [0.3, 0.4) is 0 Å². The fourth-order valence-corrected chi connectivity index (χ4v) is 3.51. The van der Waals surface area contributed by atoms with E-state index in [9.17, 15) is 9.59 Å². The van der Waals surface area contributed by atoms with Crippen molar-refractivity contribution in [3.8, 4) is 0 Å². The zero-order valence-corrected chi connectivity index (χ0v) is 17.9. The van der Waals surface area contributed by atoms with E-state index in [0.29, 0.717) is 0 Å². The van der Waals surface area contributed by atoms with Gasteiger partial charge in [0.25, 0.3) is 0 Å². The number of benzene rings is 1. The number of carbonyl (C=O) groups excluding carboxylic acids is 2. The van der Waals surface area contributed by atoms with Crippen LogP contribution in [0.2, 0.25) is 5.15 Å². The minimum absolute atomic E-state index is 0.0215. The van der Waals surface area contributed by atoms with Crippen molar-refractivity contribution in [3.63, 3.8) is 0 Å². The minimum Gasteiger partial charge on any atom is -0.382 e. The van der Waals surface area contributed by atoms with Gasteiger partial charge in [0.05, 0.1) is 0 Å². The third kappa shape index (κ3) is 5.89. The zero-order valence-electron chi connectivity index (χ0n) is 17.1. The van der Waals surface area contributed by atoms with Crippen molar-refractivity contribution in [3.05, 3.63) is 46.2 Å². The van der Waals surface area contributed by atoms with E-state index in [-0.39, 0.29) is 40.3 Å².